The molecule has 4 rings (SSSR count). The fourth-order valence-electron chi connectivity index (χ4n) is 9.90. The third kappa shape index (κ3) is 5.99. The highest BCUT2D eigenvalue weighted by atomic mass is 28.4. The predicted octanol–water partition coefficient (Wildman–Crippen LogP) is 8.94. The lowest BCUT2D eigenvalue weighted by Crippen LogP contribution is -2.55. The minimum absolute atomic E-state index is 0.297. The molecule has 10 atom stereocenters. The third-order valence-corrected chi connectivity index (χ3v) is 13.9. The Morgan fingerprint density at radius 3 is 1.86 bits per heavy atom. The van der Waals surface area contributed by atoms with Gasteiger partial charge in [-0.2, -0.15) is 0 Å². The van der Waals surface area contributed by atoms with Gasteiger partial charge in [0.1, 0.15) is 0 Å². The first-order valence-electron chi connectivity index (χ1n) is 15.4. The lowest BCUT2D eigenvalue weighted by atomic mass is 9.44. The van der Waals surface area contributed by atoms with Gasteiger partial charge in [0.15, 0.2) is 25.0 Å². The highest BCUT2D eigenvalue weighted by molar-refractivity contribution is 6.70. The average Bonchev–Trinajstić information content (AvgIpc) is 2.96. The van der Waals surface area contributed by atoms with Crippen molar-refractivity contribution >= 4 is 25.0 Å². The summed E-state index contributed by atoms with van der Waals surface area (Å²) in [6, 6.07) is 0. The van der Waals surface area contributed by atoms with Gasteiger partial charge in [-0.05, 0) is 152 Å². The van der Waals surface area contributed by atoms with Gasteiger partial charge in [0.05, 0.1) is 6.10 Å². The van der Waals surface area contributed by atoms with Crippen molar-refractivity contribution in [2.24, 2.45) is 40.4 Å². The molecule has 4 saturated carbocycles. The molecule has 0 radical (unpaired) electrons. The van der Waals surface area contributed by atoms with Gasteiger partial charge in [0.25, 0.3) is 0 Å². The Hall–Kier alpha value is 0.531. The topological polar surface area (TPSA) is 27.7 Å². The summed E-state index contributed by atoms with van der Waals surface area (Å²) in [7, 11) is -4.72. The van der Waals surface area contributed by atoms with Crippen LogP contribution in [0.15, 0.2) is 0 Å². The Kier molecular flexibility index (Phi) is 8.09. The second kappa shape index (κ2) is 9.87. The minimum Gasteiger partial charge on any atom is -0.415 e. The van der Waals surface area contributed by atoms with Crippen LogP contribution in [0, 0.1) is 40.4 Å². The molecule has 210 valence electrons. The fourth-order valence-corrected chi connectivity index (χ4v) is 13.5. The molecule has 0 spiro atoms. The van der Waals surface area contributed by atoms with Gasteiger partial charge in [0, 0.05) is 18.1 Å². The monoisotopic (exact) mass is 552 g/mol. The van der Waals surface area contributed by atoms with E-state index in [9.17, 15) is 0 Å². The summed E-state index contributed by atoms with van der Waals surface area (Å²) in [6.45, 7) is 29.0. The quantitative estimate of drug-likeness (QED) is 0.295. The number of rotatable bonds is 7. The van der Waals surface area contributed by atoms with Gasteiger partial charge in [0.2, 0.25) is 0 Å². The Bertz CT molecular complexity index is 784. The Labute approximate surface area is 227 Å². The fraction of sp³-hybridized carbons (Fsp3) is 1.00. The average molecular weight is 553 g/mol. The van der Waals surface area contributed by atoms with Crippen LogP contribution in [-0.2, 0) is 13.3 Å². The lowest BCUT2D eigenvalue weighted by molar-refractivity contribution is -0.131. The second-order valence-corrected chi connectivity index (χ2v) is 30.2. The van der Waals surface area contributed by atoms with Crippen LogP contribution in [0.25, 0.3) is 0 Å². The maximum Gasteiger partial charge on any atom is 0.184 e. The van der Waals surface area contributed by atoms with E-state index in [1.165, 1.54) is 51.4 Å². The molecular formula is C30H60O3Si3. The van der Waals surface area contributed by atoms with Crippen molar-refractivity contribution in [3.05, 3.63) is 0 Å². The molecule has 4 aliphatic carbocycles. The summed E-state index contributed by atoms with van der Waals surface area (Å²) in [5.41, 5.74) is 0.864. The standard InChI is InChI=1S/C30H60O3Si3/c1-21(31-34(4,5)6)28-27(33-36(10,11)12)20-26-24-14-13-22-19-23(32-35(7,8)9)15-17-29(22,2)25(24)16-18-30(26,28)3/h21-28H,13-20H2,1-12H3/t21?,22?,23?,24-,25+,26+,27?,28+,29+,30+/m1/s1. The minimum atomic E-state index is -1.63. The molecule has 0 aromatic carbocycles. The number of hydrogen-bond donors (Lipinski definition) is 0. The molecular weight excluding hydrogens is 493 g/mol. The summed E-state index contributed by atoms with van der Waals surface area (Å²) in [5, 5.41) is 0. The van der Waals surface area contributed by atoms with Crippen molar-refractivity contribution in [1.29, 1.82) is 0 Å². The van der Waals surface area contributed by atoms with E-state index in [-0.39, 0.29) is 0 Å². The van der Waals surface area contributed by atoms with Crippen LogP contribution in [0.4, 0.5) is 0 Å². The van der Waals surface area contributed by atoms with Crippen molar-refractivity contribution in [3.63, 3.8) is 0 Å². The van der Waals surface area contributed by atoms with E-state index in [0.717, 1.165) is 23.7 Å². The van der Waals surface area contributed by atoms with Crippen molar-refractivity contribution < 1.29 is 13.3 Å². The molecule has 0 amide bonds. The van der Waals surface area contributed by atoms with Gasteiger partial charge in [-0.15, -0.1) is 0 Å². The summed E-state index contributed by atoms with van der Waals surface area (Å²) >= 11 is 0. The molecule has 4 aliphatic rings. The first-order valence-corrected chi connectivity index (χ1v) is 25.6. The summed E-state index contributed by atoms with van der Waals surface area (Å²) in [5.74, 6) is 3.95. The normalized spacial score (nSPS) is 44.5. The SMILES string of the molecule is CC(O[Si](C)(C)C)[C@H]1C(O[Si](C)(C)C)C[C@H]2[C@@H]3CCC4CC(O[Si](C)(C)C)CC[C@]4(C)[C@H]3CC[C@]12C. The van der Waals surface area contributed by atoms with Crippen LogP contribution in [0.3, 0.4) is 0 Å². The van der Waals surface area contributed by atoms with Gasteiger partial charge in [-0.25, -0.2) is 0 Å². The first kappa shape index (κ1) is 29.5. The zero-order chi connectivity index (χ0) is 26.9. The Balaban J connectivity index is 1.57. The highest BCUT2D eigenvalue weighted by Gasteiger charge is 2.64. The van der Waals surface area contributed by atoms with Crippen molar-refractivity contribution in [2.45, 2.75) is 149 Å². The van der Waals surface area contributed by atoms with Crippen LogP contribution in [0.2, 0.25) is 58.9 Å². The van der Waals surface area contributed by atoms with E-state index in [1.807, 2.05) is 0 Å². The van der Waals surface area contributed by atoms with E-state index < -0.39 is 25.0 Å². The largest absolute Gasteiger partial charge is 0.415 e. The van der Waals surface area contributed by atoms with Gasteiger partial charge in [-0.1, -0.05) is 13.8 Å². The maximum atomic E-state index is 7.04. The zero-order valence-electron chi connectivity index (χ0n) is 26.0. The van der Waals surface area contributed by atoms with E-state index in [1.54, 1.807) is 0 Å². The molecule has 0 aromatic heterocycles. The zero-order valence-corrected chi connectivity index (χ0v) is 29.0. The van der Waals surface area contributed by atoms with E-state index in [4.69, 9.17) is 13.3 Å². The Morgan fingerprint density at radius 2 is 1.28 bits per heavy atom. The Morgan fingerprint density at radius 1 is 0.667 bits per heavy atom. The van der Waals surface area contributed by atoms with Crippen molar-refractivity contribution in [2.75, 3.05) is 0 Å². The lowest BCUT2D eigenvalue weighted by Gasteiger charge is -2.61. The molecule has 0 saturated heterocycles. The van der Waals surface area contributed by atoms with Gasteiger partial charge in [-0.3, -0.25) is 0 Å². The van der Waals surface area contributed by atoms with Crippen LogP contribution < -0.4 is 0 Å². The first-order chi connectivity index (χ1) is 16.3. The molecule has 3 nitrogen and oxygen atoms in total. The summed E-state index contributed by atoms with van der Waals surface area (Å²) in [6.07, 6.45) is 12.1. The second-order valence-electron chi connectivity index (χ2n) is 16.8. The molecule has 36 heavy (non-hydrogen) atoms. The molecule has 4 unspecified atom stereocenters. The summed E-state index contributed by atoms with van der Waals surface area (Å²) < 4.78 is 20.5. The predicted molar refractivity (Wildman–Crippen MR) is 161 cm³/mol. The van der Waals surface area contributed by atoms with Crippen LogP contribution in [0.1, 0.15) is 72.1 Å². The van der Waals surface area contributed by atoms with Crippen LogP contribution in [0.5, 0.6) is 0 Å². The maximum absolute atomic E-state index is 7.04. The highest BCUT2D eigenvalue weighted by Crippen LogP contribution is 2.68. The van der Waals surface area contributed by atoms with E-state index in [2.05, 4.69) is 79.7 Å². The van der Waals surface area contributed by atoms with Crippen LogP contribution >= 0.6 is 0 Å². The molecule has 0 bridgehead atoms. The van der Waals surface area contributed by atoms with Gasteiger partial charge >= 0.3 is 0 Å². The van der Waals surface area contributed by atoms with Crippen molar-refractivity contribution in [1.82, 2.24) is 0 Å². The number of fused-ring (bicyclic) bond motifs is 5. The van der Waals surface area contributed by atoms with Crippen LogP contribution in [-0.4, -0.2) is 43.3 Å². The molecule has 6 heteroatoms. The van der Waals surface area contributed by atoms with E-state index in [0.29, 0.717) is 35.1 Å². The van der Waals surface area contributed by atoms with Gasteiger partial charge < -0.3 is 13.3 Å². The van der Waals surface area contributed by atoms with E-state index >= 15 is 0 Å². The molecule has 0 N–H and O–H groups in total. The summed E-state index contributed by atoms with van der Waals surface area (Å²) in [4.78, 5) is 0. The molecule has 4 fully saturated rings. The smallest absolute Gasteiger partial charge is 0.184 e. The molecule has 0 heterocycles. The molecule has 0 aliphatic heterocycles. The number of hydrogen-bond acceptors (Lipinski definition) is 3. The van der Waals surface area contributed by atoms with Crippen molar-refractivity contribution in [3.8, 4) is 0 Å². The molecule has 0 aromatic rings. The third-order valence-electron chi connectivity index (χ3n) is 10.8.